The number of hydrogen-bond acceptors (Lipinski definition) is 4. The fourth-order valence-corrected chi connectivity index (χ4v) is 2.43. The quantitative estimate of drug-likeness (QED) is 0.773. The van der Waals surface area contributed by atoms with Crippen LogP contribution in [-0.2, 0) is 5.60 Å². The van der Waals surface area contributed by atoms with Crippen molar-refractivity contribution >= 4 is 16.6 Å². The largest absolute Gasteiger partial charge is 0.466 e. The Morgan fingerprint density at radius 2 is 2.14 bits per heavy atom. The van der Waals surface area contributed by atoms with Gasteiger partial charge >= 0.3 is 0 Å². The average molecular weight is 300 g/mol. The fraction of sp³-hybridized carbons (Fsp3) is 0.235. The molecule has 4 nitrogen and oxygen atoms in total. The zero-order valence-electron chi connectivity index (χ0n) is 12.4. The van der Waals surface area contributed by atoms with Crippen LogP contribution in [0.15, 0.2) is 47.1 Å². The standard InChI is InChI=1S/C17H17FN2O2/c1-11-9-14(12-5-3-6-13(18)16(12)20-11)19-10-17(2,21)15-7-4-8-22-15/h3-9,21H,10H2,1-2H3,(H,19,20). The van der Waals surface area contributed by atoms with Gasteiger partial charge in [-0.1, -0.05) is 12.1 Å². The average Bonchev–Trinajstić information content (AvgIpc) is 3.01. The molecule has 2 aromatic heterocycles. The molecule has 2 heterocycles. The van der Waals surface area contributed by atoms with Gasteiger partial charge in [0.25, 0.3) is 0 Å². The summed E-state index contributed by atoms with van der Waals surface area (Å²) in [5.41, 5.74) is 0.592. The second-order valence-corrected chi connectivity index (χ2v) is 5.55. The highest BCUT2D eigenvalue weighted by molar-refractivity contribution is 5.91. The Kier molecular flexibility index (Phi) is 3.58. The van der Waals surface area contributed by atoms with Gasteiger partial charge in [0.15, 0.2) is 0 Å². The molecule has 2 N–H and O–H groups in total. The summed E-state index contributed by atoms with van der Waals surface area (Å²) < 4.78 is 19.1. The molecular weight excluding hydrogens is 283 g/mol. The maximum atomic E-state index is 13.9. The molecule has 3 rings (SSSR count). The van der Waals surface area contributed by atoms with Gasteiger partial charge in [-0.3, -0.25) is 0 Å². The zero-order chi connectivity index (χ0) is 15.7. The highest BCUT2D eigenvalue weighted by Crippen LogP contribution is 2.27. The van der Waals surface area contributed by atoms with E-state index in [0.717, 1.165) is 5.69 Å². The lowest BCUT2D eigenvalue weighted by atomic mass is 10.0. The maximum Gasteiger partial charge on any atom is 0.149 e. The molecular formula is C17H17FN2O2. The van der Waals surface area contributed by atoms with Crippen molar-refractivity contribution in [3.63, 3.8) is 0 Å². The summed E-state index contributed by atoms with van der Waals surface area (Å²) in [5.74, 6) is 0.114. The minimum atomic E-state index is -1.17. The van der Waals surface area contributed by atoms with Gasteiger partial charge in [0.1, 0.15) is 22.7 Å². The lowest BCUT2D eigenvalue weighted by Gasteiger charge is -2.22. The number of nitrogens with zero attached hydrogens (tertiary/aromatic N) is 1. The lowest BCUT2D eigenvalue weighted by Crippen LogP contribution is -2.30. The molecule has 1 aromatic carbocycles. The van der Waals surface area contributed by atoms with Crippen LogP contribution < -0.4 is 5.32 Å². The topological polar surface area (TPSA) is 58.3 Å². The van der Waals surface area contributed by atoms with E-state index in [4.69, 9.17) is 4.42 Å². The molecule has 1 unspecified atom stereocenters. The molecule has 3 aromatic rings. The number of fused-ring (bicyclic) bond motifs is 1. The van der Waals surface area contributed by atoms with E-state index in [1.165, 1.54) is 12.3 Å². The van der Waals surface area contributed by atoms with E-state index in [1.54, 1.807) is 31.2 Å². The SMILES string of the molecule is Cc1cc(NCC(C)(O)c2ccco2)c2cccc(F)c2n1. The van der Waals surface area contributed by atoms with Crippen molar-refractivity contribution in [2.75, 3.05) is 11.9 Å². The Bertz CT molecular complexity index is 798. The van der Waals surface area contributed by atoms with Crippen LogP contribution in [-0.4, -0.2) is 16.6 Å². The third-order valence-corrected chi connectivity index (χ3v) is 3.59. The second kappa shape index (κ2) is 5.42. The van der Waals surface area contributed by atoms with Crippen molar-refractivity contribution in [1.82, 2.24) is 4.98 Å². The lowest BCUT2D eigenvalue weighted by molar-refractivity contribution is 0.0477. The smallest absolute Gasteiger partial charge is 0.149 e. The Morgan fingerprint density at radius 1 is 1.32 bits per heavy atom. The zero-order valence-corrected chi connectivity index (χ0v) is 12.4. The van der Waals surface area contributed by atoms with Gasteiger partial charge in [-0.25, -0.2) is 9.37 Å². The molecule has 0 aliphatic carbocycles. The van der Waals surface area contributed by atoms with Crippen LogP contribution in [0.5, 0.6) is 0 Å². The van der Waals surface area contributed by atoms with Gasteiger partial charge in [0.05, 0.1) is 12.8 Å². The van der Waals surface area contributed by atoms with Gasteiger partial charge in [-0.05, 0) is 38.1 Å². The van der Waals surface area contributed by atoms with Crippen LogP contribution in [0.3, 0.4) is 0 Å². The molecule has 0 amide bonds. The summed E-state index contributed by atoms with van der Waals surface area (Å²) in [5, 5.41) is 14.3. The van der Waals surface area contributed by atoms with E-state index in [9.17, 15) is 9.50 Å². The first-order valence-corrected chi connectivity index (χ1v) is 7.03. The Morgan fingerprint density at radius 3 is 2.86 bits per heavy atom. The normalized spacial score (nSPS) is 14.0. The summed E-state index contributed by atoms with van der Waals surface area (Å²) in [6, 6.07) is 10.1. The number of para-hydroxylation sites is 1. The van der Waals surface area contributed by atoms with Crippen LogP contribution in [0.25, 0.3) is 10.9 Å². The Balaban J connectivity index is 1.93. The predicted molar refractivity (Wildman–Crippen MR) is 83.2 cm³/mol. The van der Waals surface area contributed by atoms with Gasteiger partial charge < -0.3 is 14.8 Å². The molecule has 0 saturated carbocycles. The molecule has 0 bridgehead atoms. The number of furan rings is 1. The van der Waals surface area contributed by atoms with Crippen LogP contribution in [0.4, 0.5) is 10.1 Å². The van der Waals surface area contributed by atoms with E-state index >= 15 is 0 Å². The number of nitrogens with one attached hydrogen (secondary N) is 1. The van der Waals surface area contributed by atoms with Crippen molar-refractivity contribution in [3.8, 4) is 0 Å². The second-order valence-electron chi connectivity index (χ2n) is 5.55. The maximum absolute atomic E-state index is 13.9. The molecule has 114 valence electrons. The Labute approximate surface area is 127 Å². The predicted octanol–water partition coefficient (Wildman–Crippen LogP) is 3.59. The van der Waals surface area contributed by atoms with Crippen molar-refractivity contribution in [2.45, 2.75) is 19.4 Å². The number of rotatable bonds is 4. The minimum Gasteiger partial charge on any atom is -0.466 e. The summed E-state index contributed by atoms with van der Waals surface area (Å²) in [6.07, 6.45) is 1.52. The number of pyridine rings is 1. The summed E-state index contributed by atoms with van der Waals surface area (Å²) in [7, 11) is 0. The number of aryl methyl sites for hydroxylation is 1. The van der Waals surface area contributed by atoms with Crippen LogP contribution in [0.2, 0.25) is 0 Å². The molecule has 0 aliphatic heterocycles. The van der Waals surface area contributed by atoms with E-state index < -0.39 is 5.60 Å². The first-order valence-electron chi connectivity index (χ1n) is 7.03. The van der Waals surface area contributed by atoms with Gasteiger partial charge in [-0.15, -0.1) is 0 Å². The molecule has 0 spiro atoms. The van der Waals surface area contributed by atoms with Gasteiger partial charge in [-0.2, -0.15) is 0 Å². The number of aliphatic hydroxyl groups is 1. The van der Waals surface area contributed by atoms with Crippen molar-refractivity contribution in [3.05, 3.63) is 59.9 Å². The molecule has 0 aliphatic rings. The summed E-state index contributed by atoms with van der Waals surface area (Å²) >= 11 is 0. The monoisotopic (exact) mass is 300 g/mol. The molecule has 1 atom stereocenters. The summed E-state index contributed by atoms with van der Waals surface area (Å²) in [4.78, 5) is 4.23. The van der Waals surface area contributed by atoms with Gasteiger partial charge in [0.2, 0.25) is 0 Å². The number of aromatic nitrogens is 1. The van der Waals surface area contributed by atoms with Crippen molar-refractivity contribution in [2.24, 2.45) is 0 Å². The molecule has 0 radical (unpaired) electrons. The van der Waals surface area contributed by atoms with E-state index in [-0.39, 0.29) is 12.4 Å². The first-order chi connectivity index (χ1) is 10.5. The highest BCUT2D eigenvalue weighted by atomic mass is 19.1. The minimum absolute atomic E-state index is 0.232. The van der Waals surface area contributed by atoms with Gasteiger partial charge in [0, 0.05) is 16.8 Å². The molecule has 22 heavy (non-hydrogen) atoms. The number of hydrogen-bond donors (Lipinski definition) is 2. The van der Waals surface area contributed by atoms with Crippen LogP contribution >= 0.6 is 0 Å². The Hall–Kier alpha value is -2.40. The number of halogens is 1. The molecule has 0 saturated heterocycles. The van der Waals surface area contributed by atoms with Crippen molar-refractivity contribution in [1.29, 1.82) is 0 Å². The number of anilines is 1. The van der Waals surface area contributed by atoms with E-state index in [1.807, 2.05) is 13.0 Å². The third kappa shape index (κ3) is 2.67. The fourth-order valence-electron chi connectivity index (χ4n) is 2.43. The van der Waals surface area contributed by atoms with E-state index in [0.29, 0.717) is 22.4 Å². The van der Waals surface area contributed by atoms with Crippen molar-refractivity contribution < 1.29 is 13.9 Å². The first kappa shape index (κ1) is 14.5. The number of benzene rings is 1. The molecule has 5 heteroatoms. The summed E-state index contributed by atoms with van der Waals surface area (Å²) in [6.45, 7) is 3.70. The molecule has 0 fully saturated rings. The highest BCUT2D eigenvalue weighted by Gasteiger charge is 2.26. The van der Waals surface area contributed by atoms with Crippen LogP contribution in [0, 0.1) is 12.7 Å². The van der Waals surface area contributed by atoms with E-state index in [2.05, 4.69) is 10.3 Å². The third-order valence-electron chi connectivity index (χ3n) is 3.59. The van der Waals surface area contributed by atoms with Crippen LogP contribution in [0.1, 0.15) is 18.4 Å².